The quantitative estimate of drug-likeness (QED) is 0.799. The van der Waals surface area contributed by atoms with Crippen LogP contribution in [0, 0.1) is 13.8 Å². The topological polar surface area (TPSA) is 46.4 Å². The second kappa shape index (κ2) is 5.64. The molecular formula is C18H19N3O. The molecule has 0 spiro atoms. The second-order valence-corrected chi connectivity index (χ2v) is 5.47. The van der Waals surface area contributed by atoms with Crippen LogP contribution in [0.3, 0.4) is 0 Å². The van der Waals surface area contributed by atoms with Crippen molar-refractivity contribution in [2.24, 2.45) is 0 Å². The molecule has 0 aliphatic carbocycles. The number of imidazole rings is 1. The van der Waals surface area contributed by atoms with Crippen LogP contribution in [-0.4, -0.2) is 15.3 Å². The summed E-state index contributed by atoms with van der Waals surface area (Å²) in [6.07, 6.45) is 2.74. The third-order valence-electron chi connectivity index (χ3n) is 3.83. The van der Waals surface area contributed by atoms with Gasteiger partial charge in [0.1, 0.15) is 5.65 Å². The van der Waals surface area contributed by atoms with Gasteiger partial charge in [-0.1, -0.05) is 19.1 Å². The van der Waals surface area contributed by atoms with Gasteiger partial charge in [-0.3, -0.25) is 4.79 Å². The van der Waals surface area contributed by atoms with Crippen molar-refractivity contribution in [3.8, 4) is 0 Å². The summed E-state index contributed by atoms with van der Waals surface area (Å²) in [7, 11) is 0. The Morgan fingerprint density at radius 1 is 1.23 bits per heavy atom. The molecule has 0 saturated carbocycles. The number of aromatic nitrogens is 2. The molecular weight excluding hydrogens is 274 g/mol. The monoisotopic (exact) mass is 293 g/mol. The molecule has 0 aliphatic rings. The van der Waals surface area contributed by atoms with Crippen LogP contribution in [0.25, 0.3) is 5.65 Å². The number of amides is 1. The maximum Gasteiger partial charge on any atom is 0.257 e. The minimum absolute atomic E-state index is 0.112. The van der Waals surface area contributed by atoms with Gasteiger partial charge < -0.3 is 9.72 Å². The van der Waals surface area contributed by atoms with E-state index >= 15 is 0 Å². The van der Waals surface area contributed by atoms with Gasteiger partial charge in [0.25, 0.3) is 5.91 Å². The molecule has 4 heteroatoms. The molecule has 3 aromatic rings. The van der Waals surface area contributed by atoms with Gasteiger partial charge in [0.2, 0.25) is 0 Å². The van der Waals surface area contributed by atoms with Crippen LogP contribution in [0.15, 0.2) is 42.6 Å². The Morgan fingerprint density at radius 3 is 2.77 bits per heavy atom. The maximum atomic E-state index is 12.4. The molecule has 0 fully saturated rings. The first-order valence-corrected chi connectivity index (χ1v) is 7.44. The van der Waals surface area contributed by atoms with Crippen molar-refractivity contribution in [3.63, 3.8) is 0 Å². The molecule has 112 valence electrons. The van der Waals surface area contributed by atoms with Crippen LogP contribution in [0.5, 0.6) is 0 Å². The predicted molar refractivity (Wildman–Crippen MR) is 88.4 cm³/mol. The van der Waals surface area contributed by atoms with Gasteiger partial charge in [-0.15, -0.1) is 0 Å². The zero-order chi connectivity index (χ0) is 15.7. The van der Waals surface area contributed by atoms with Crippen molar-refractivity contribution in [1.82, 2.24) is 9.38 Å². The summed E-state index contributed by atoms with van der Waals surface area (Å²) in [6.45, 7) is 6.12. The van der Waals surface area contributed by atoms with Crippen molar-refractivity contribution >= 4 is 17.2 Å². The summed E-state index contributed by atoms with van der Waals surface area (Å²) in [5, 5.41) is 2.93. The highest BCUT2D eigenvalue weighted by molar-refractivity contribution is 6.04. The maximum absolute atomic E-state index is 12.4. The number of carbonyl (C=O) groups is 1. The van der Waals surface area contributed by atoms with Crippen LogP contribution in [0.4, 0.5) is 5.69 Å². The van der Waals surface area contributed by atoms with E-state index in [1.807, 2.05) is 60.8 Å². The van der Waals surface area contributed by atoms with Gasteiger partial charge in [0.05, 0.1) is 11.3 Å². The van der Waals surface area contributed by atoms with E-state index in [1.165, 1.54) is 0 Å². The van der Waals surface area contributed by atoms with Crippen molar-refractivity contribution in [2.45, 2.75) is 27.2 Å². The normalized spacial score (nSPS) is 10.9. The number of nitrogens with one attached hydrogen (secondary N) is 1. The molecule has 1 N–H and O–H groups in total. The van der Waals surface area contributed by atoms with E-state index in [4.69, 9.17) is 0 Å². The summed E-state index contributed by atoms with van der Waals surface area (Å²) in [5.74, 6) is -0.112. The van der Waals surface area contributed by atoms with Gasteiger partial charge in [-0.05, 0) is 50.1 Å². The van der Waals surface area contributed by atoms with E-state index in [1.54, 1.807) is 0 Å². The van der Waals surface area contributed by atoms with Gasteiger partial charge >= 0.3 is 0 Å². The lowest BCUT2D eigenvalue weighted by molar-refractivity contribution is 0.102. The first-order chi connectivity index (χ1) is 10.6. The fourth-order valence-corrected chi connectivity index (χ4v) is 2.61. The fraction of sp³-hybridized carbons (Fsp3) is 0.222. The van der Waals surface area contributed by atoms with E-state index in [9.17, 15) is 4.79 Å². The third kappa shape index (κ3) is 2.60. The molecule has 4 nitrogen and oxygen atoms in total. The molecule has 0 atom stereocenters. The molecule has 0 saturated heterocycles. The lowest BCUT2D eigenvalue weighted by Crippen LogP contribution is -2.12. The van der Waals surface area contributed by atoms with Gasteiger partial charge in [-0.2, -0.15) is 0 Å². The Hall–Kier alpha value is -2.62. The molecule has 1 aromatic carbocycles. The Bertz CT molecular complexity index is 849. The number of benzene rings is 1. The van der Waals surface area contributed by atoms with Crippen molar-refractivity contribution < 1.29 is 4.79 Å². The highest BCUT2D eigenvalue weighted by Crippen LogP contribution is 2.16. The fourth-order valence-electron chi connectivity index (χ4n) is 2.61. The molecule has 3 rings (SSSR count). The molecule has 2 heterocycles. The van der Waals surface area contributed by atoms with Crippen LogP contribution in [0.1, 0.15) is 34.2 Å². The Balaban J connectivity index is 1.92. The summed E-state index contributed by atoms with van der Waals surface area (Å²) >= 11 is 0. The van der Waals surface area contributed by atoms with Crippen LogP contribution in [-0.2, 0) is 6.42 Å². The number of carbonyl (C=O) groups excluding carboxylic acids is 1. The van der Waals surface area contributed by atoms with E-state index in [2.05, 4.69) is 17.2 Å². The number of hydrogen-bond acceptors (Lipinski definition) is 2. The largest absolute Gasteiger partial charge is 0.322 e. The number of fused-ring (bicyclic) bond motifs is 1. The standard InChI is InChI=1S/C18H19N3O/c1-4-16-13(3)21-11-14(8-9-17(21)20-16)18(22)19-15-7-5-6-12(2)10-15/h5-11H,4H2,1-3H3,(H,19,22). The van der Waals surface area contributed by atoms with Crippen molar-refractivity contribution in [2.75, 3.05) is 5.32 Å². The molecule has 0 bridgehead atoms. The number of nitrogens with zero attached hydrogens (tertiary/aromatic N) is 2. The second-order valence-electron chi connectivity index (χ2n) is 5.47. The summed E-state index contributed by atoms with van der Waals surface area (Å²) in [5.41, 5.74) is 5.57. The zero-order valence-corrected chi connectivity index (χ0v) is 13.1. The van der Waals surface area contributed by atoms with Crippen LogP contribution >= 0.6 is 0 Å². The highest BCUT2D eigenvalue weighted by Gasteiger charge is 2.11. The van der Waals surface area contributed by atoms with Crippen LogP contribution < -0.4 is 5.32 Å². The minimum Gasteiger partial charge on any atom is -0.322 e. The van der Waals surface area contributed by atoms with Gasteiger partial charge in [0, 0.05) is 17.6 Å². The van der Waals surface area contributed by atoms with E-state index in [0.717, 1.165) is 34.7 Å². The summed E-state index contributed by atoms with van der Waals surface area (Å²) in [6, 6.07) is 11.5. The minimum atomic E-state index is -0.112. The van der Waals surface area contributed by atoms with E-state index < -0.39 is 0 Å². The van der Waals surface area contributed by atoms with E-state index in [0.29, 0.717) is 5.56 Å². The number of anilines is 1. The third-order valence-corrected chi connectivity index (χ3v) is 3.83. The predicted octanol–water partition coefficient (Wildman–Crippen LogP) is 3.77. The van der Waals surface area contributed by atoms with Crippen molar-refractivity contribution in [1.29, 1.82) is 0 Å². The van der Waals surface area contributed by atoms with Crippen LogP contribution in [0.2, 0.25) is 0 Å². The Morgan fingerprint density at radius 2 is 2.05 bits per heavy atom. The lowest BCUT2D eigenvalue weighted by atomic mass is 10.2. The zero-order valence-electron chi connectivity index (χ0n) is 13.1. The Labute approximate surface area is 129 Å². The molecule has 2 aromatic heterocycles. The number of hydrogen-bond donors (Lipinski definition) is 1. The molecule has 0 unspecified atom stereocenters. The molecule has 0 aliphatic heterocycles. The Kier molecular flexibility index (Phi) is 3.67. The molecule has 0 radical (unpaired) electrons. The number of rotatable bonds is 3. The lowest BCUT2D eigenvalue weighted by Gasteiger charge is -2.07. The highest BCUT2D eigenvalue weighted by atomic mass is 16.1. The molecule has 1 amide bonds. The van der Waals surface area contributed by atoms with E-state index in [-0.39, 0.29) is 5.91 Å². The van der Waals surface area contributed by atoms with Gasteiger partial charge in [-0.25, -0.2) is 4.98 Å². The smallest absolute Gasteiger partial charge is 0.257 e. The van der Waals surface area contributed by atoms with Gasteiger partial charge in [0.15, 0.2) is 0 Å². The number of aryl methyl sites for hydroxylation is 3. The summed E-state index contributed by atoms with van der Waals surface area (Å²) in [4.78, 5) is 17.0. The summed E-state index contributed by atoms with van der Waals surface area (Å²) < 4.78 is 1.98. The average molecular weight is 293 g/mol. The SMILES string of the molecule is CCc1nc2ccc(C(=O)Nc3cccc(C)c3)cn2c1C. The number of pyridine rings is 1. The first kappa shape index (κ1) is 14.3. The van der Waals surface area contributed by atoms with Crippen molar-refractivity contribution in [3.05, 3.63) is 65.1 Å². The average Bonchev–Trinajstić information content (AvgIpc) is 2.83. The first-order valence-electron chi connectivity index (χ1n) is 7.44. The molecule has 22 heavy (non-hydrogen) atoms.